The highest BCUT2D eigenvalue weighted by Crippen LogP contribution is 2.60. The Morgan fingerprint density at radius 1 is 0.973 bits per heavy atom. The first-order chi connectivity index (χ1) is 17.9. The average Bonchev–Trinajstić information content (AvgIpc) is 3.37. The topological polar surface area (TPSA) is 85.6 Å². The van der Waals surface area contributed by atoms with Crippen LogP contribution < -0.4 is 5.32 Å². The summed E-state index contributed by atoms with van der Waals surface area (Å²) in [4.78, 5) is 36.0. The lowest BCUT2D eigenvalue weighted by atomic mass is 9.48. The van der Waals surface area contributed by atoms with Crippen LogP contribution in [0, 0.1) is 17.8 Å². The van der Waals surface area contributed by atoms with Gasteiger partial charge in [-0.15, -0.1) is 0 Å². The molecule has 3 aromatic rings. The molecule has 4 bridgehead atoms. The summed E-state index contributed by atoms with van der Waals surface area (Å²) in [5.74, 6) is 2.08. The minimum atomic E-state index is -0.721. The first-order valence-corrected chi connectivity index (χ1v) is 13.2. The van der Waals surface area contributed by atoms with Crippen molar-refractivity contribution in [1.82, 2.24) is 0 Å². The van der Waals surface area contributed by atoms with E-state index in [1.807, 2.05) is 12.1 Å². The number of rotatable bonds is 7. The van der Waals surface area contributed by atoms with Crippen molar-refractivity contribution in [2.75, 3.05) is 11.9 Å². The van der Waals surface area contributed by atoms with Crippen LogP contribution in [0.2, 0.25) is 5.02 Å². The molecule has 4 aliphatic rings. The number of esters is 1. The number of furan rings is 1. The van der Waals surface area contributed by atoms with Gasteiger partial charge in [0.2, 0.25) is 0 Å². The van der Waals surface area contributed by atoms with Gasteiger partial charge < -0.3 is 14.5 Å². The van der Waals surface area contributed by atoms with Crippen molar-refractivity contribution < 1.29 is 23.5 Å². The van der Waals surface area contributed by atoms with E-state index in [1.165, 1.54) is 56.2 Å². The minimum absolute atomic E-state index is 0.107. The van der Waals surface area contributed by atoms with Crippen molar-refractivity contribution >= 4 is 35.5 Å². The van der Waals surface area contributed by atoms with E-state index in [2.05, 4.69) is 17.4 Å². The van der Waals surface area contributed by atoms with Crippen molar-refractivity contribution in [3.8, 4) is 11.3 Å². The molecule has 0 saturated heterocycles. The van der Waals surface area contributed by atoms with Crippen molar-refractivity contribution in [3.63, 3.8) is 0 Å². The van der Waals surface area contributed by atoms with Gasteiger partial charge >= 0.3 is 5.97 Å². The van der Waals surface area contributed by atoms with Gasteiger partial charge in [0.05, 0.1) is 10.6 Å². The molecule has 4 fully saturated rings. The minimum Gasteiger partial charge on any atom is -0.453 e. The third-order valence-electron chi connectivity index (χ3n) is 8.37. The van der Waals surface area contributed by atoms with Crippen molar-refractivity contribution in [2.45, 2.75) is 43.9 Å². The number of carbonyl (C=O) groups is 3. The Hall–Kier alpha value is -3.38. The third-order valence-corrected chi connectivity index (χ3v) is 8.70. The van der Waals surface area contributed by atoms with Gasteiger partial charge in [0.15, 0.2) is 18.7 Å². The SMILES string of the molecule is O=Cc1ccc(-c2ccc(Cl)c(C(=O)OCC(=O)Nc3ccc(C45CC6CC(CC(C6)C4)C5)cc3)c2)o1. The lowest BCUT2D eigenvalue weighted by Gasteiger charge is -2.57. The monoisotopic (exact) mass is 517 g/mol. The molecule has 1 heterocycles. The summed E-state index contributed by atoms with van der Waals surface area (Å²) in [6.07, 6.45) is 8.71. The van der Waals surface area contributed by atoms with E-state index in [4.69, 9.17) is 20.8 Å². The second-order valence-corrected chi connectivity index (χ2v) is 11.3. The van der Waals surface area contributed by atoms with Crippen LogP contribution in [-0.2, 0) is 14.9 Å². The number of hydrogen-bond acceptors (Lipinski definition) is 5. The zero-order chi connectivity index (χ0) is 25.6. The highest BCUT2D eigenvalue weighted by molar-refractivity contribution is 6.33. The van der Waals surface area contributed by atoms with Crippen molar-refractivity contribution in [3.05, 3.63) is 76.5 Å². The van der Waals surface area contributed by atoms with E-state index in [0.717, 1.165) is 17.8 Å². The molecule has 7 rings (SSSR count). The fourth-order valence-corrected chi connectivity index (χ4v) is 7.38. The van der Waals surface area contributed by atoms with E-state index in [0.29, 0.717) is 28.7 Å². The standard InChI is InChI=1S/C30H28ClNO5/c31-26-7-1-21(27-8-6-24(16-33)37-27)12-25(26)29(35)36-17-28(34)32-23-4-2-22(3-5-23)30-13-18-9-19(14-30)11-20(10-18)15-30/h1-8,12,16,18-20H,9-11,13-15,17H2,(H,32,34). The molecule has 1 N–H and O–H groups in total. The molecule has 190 valence electrons. The number of benzene rings is 2. The predicted molar refractivity (Wildman–Crippen MR) is 140 cm³/mol. The lowest BCUT2D eigenvalue weighted by Crippen LogP contribution is -2.48. The first kappa shape index (κ1) is 24.0. The summed E-state index contributed by atoms with van der Waals surface area (Å²) in [6.45, 7) is -0.438. The fourth-order valence-electron chi connectivity index (χ4n) is 7.18. The summed E-state index contributed by atoms with van der Waals surface area (Å²) < 4.78 is 10.6. The van der Waals surface area contributed by atoms with Gasteiger partial charge in [-0.2, -0.15) is 0 Å². The van der Waals surface area contributed by atoms with E-state index >= 15 is 0 Å². The number of ether oxygens (including phenoxy) is 1. The Kier molecular flexibility index (Phi) is 6.15. The maximum Gasteiger partial charge on any atom is 0.340 e. The molecule has 7 heteroatoms. The molecule has 0 atom stereocenters. The van der Waals surface area contributed by atoms with Gasteiger partial charge in [-0.25, -0.2) is 4.79 Å². The Bertz CT molecular complexity index is 1320. The Balaban J connectivity index is 1.07. The number of amides is 1. The summed E-state index contributed by atoms with van der Waals surface area (Å²) in [5.41, 5.74) is 3.05. The number of aldehydes is 1. The van der Waals surface area contributed by atoms with Crippen LogP contribution in [0.1, 0.15) is 65.0 Å². The second-order valence-electron chi connectivity index (χ2n) is 10.9. The largest absolute Gasteiger partial charge is 0.453 e. The third kappa shape index (κ3) is 4.71. The number of nitrogens with one attached hydrogen (secondary N) is 1. The quantitative estimate of drug-likeness (QED) is 0.279. The van der Waals surface area contributed by atoms with Crippen molar-refractivity contribution in [2.24, 2.45) is 17.8 Å². The first-order valence-electron chi connectivity index (χ1n) is 12.8. The van der Waals surface area contributed by atoms with Gasteiger partial charge in [0.25, 0.3) is 5.91 Å². The second kappa shape index (κ2) is 9.49. The number of anilines is 1. The van der Waals surface area contributed by atoms with Gasteiger partial charge in [-0.1, -0.05) is 23.7 Å². The Morgan fingerprint density at radius 2 is 1.65 bits per heavy atom. The molecule has 2 aromatic carbocycles. The van der Waals surface area contributed by atoms with Crippen LogP contribution in [0.5, 0.6) is 0 Å². The maximum absolute atomic E-state index is 12.6. The smallest absolute Gasteiger partial charge is 0.340 e. The molecular formula is C30H28ClNO5. The molecule has 0 radical (unpaired) electrons. The van der Waals surface area contributed by atoms with Crippen molar-refractivity contribution in [1.29, 1.82) is 0 Å². The van der Waals surface area contributed by atoms with Gasteiger partial charge in [0.1, 0.15) is 5.76 Å². The van der Waals surface area contributed by atoms with Crippen LogP contribution >= 0.6 is 11.6 Å². The molecule has 4 saturated carbocycles. The molecular weight excluding hydrogens is 490 g/mol. The van der Waals surface area contributed by atoms with Crippen LogP contribution in [-0.4, -0.2) is 24.8 Å². The number of hydrogen-bond donors (Lipinski definition) is 1. The highest BCUT2D eigenvalue weighted by atomic mass is 35.5. The number of halogens is 1. The van der Waals surface area contributed by atoms with Gasteiger partial charge in [-0.05, 0) is 110 Å². The molecule has 37 heavy (non-hydrogen) atoms. The summed E-state index contributed by atoms with van der Waals surface area (Å²) in [6, 6.07) is 16.1. The van der Waals surface area contributed by atoms with Crippen LogP contribution in [0.3, 0.4) is 0 Å². The summed E-state index contributed by atoms with van der Waals surface area (Å²) in [7, 11) is 0. The van der Waals surface area contributed by atoms with E-state index in [1.54, 1.807) is 18.2 Å². The van der Waals surface area contributed by atoms with Gasteiger partial charge in [0, 0.05) is 11.3 Å². The molecule has 0 unspecified atom stereocenters. The zero-order valence-corrected chi connectivity index (χ0v) is 21.1. The normalized spacial score (nSPS) is 25.6. The van der Waals surface area contributed by atoms with Crippen LogP contribution in [0.25, 0.3) is 11.3 Å². The Labute approximate surface area is 220 Å². The molecule has 0 aliphatic heterocycles. The fraction of sp³-hybridized carbons (Fsp3) is 0.367. The Morgan fingerprint density at radius 3 is 2.27 bits per heavy atom. The molecule has 4 aliphatic carbocycles. The number of carbonyl (C=O) groups excluding carboxylic acids is 3. The molecule has 1 amide bonds. The zero-order valence-electron chi connectivity index (χ0n) is 20.4. The molecule has 1 aromatic heterocycles. The average molecular weight is 518 g/mol. The predicted octanol–water partition coefficient (Wildman–Crippen LogP) is 6.68. The van der Waals surface area contributed by atoms with E-state index in [9.17, 15) is 14.4 Å². The van der Waals surface area contributed by atoms with E-state index in [-0.39, 0.29) is 16.3 Å². The van der Waals surface area contributed by atoms with Gasteiger partial charge in [-0.3, -0.25) is 9.59 Å². The molecule has 6 nitrogen and oxygen atoms in total. The summed E-state index contributed by atoms with van der Waals surface area (Å²) in [5, 5.41) is 3.00. The summed E-state index contributed by atoms with van der Waals surface area (Å²) >= 11 is 6.19. The highest BCUT2D eigenvalue weighted by Gasteiger charge is 2.51. The lowest BCUT2D eigenvalue weighted by molar-refractivity contribution is -0.119. The van der Waals surface area contributed by atoms with E-state index < -0.39 is 18.5 Å². The van der Waals surface area contributed by atoms with Crippen LogP contribution in [0.15, 0.2) is 59.0 Å². The van der Waals surface area contributed by atoms with Crippen LogP contribution in [0.4, 0.5) is 5.69 Å². The molecule has 0 spiro atoms. The maximum atomic E-state index is 12.6.